The molecule has 4 rings (SSSR count). The van der Waals surface area contributed by atoms with Crippen molar-refractivity contribution in [2.24, 2.45) is 0 Å². The molecule has 2 heterocycles. The Hall–Kier alpha value is -4.28. The number of Topliss-reactive ketones (excluding diaryl/α,β-unsaturated/α-hetero) is 1. The van der Waals surface area contributed by atoms with Crippen molar-refractivity contribution in [3.8, 4) is 17.2 Å². The number of carbonyl (C=O) groups excluding carboxylic acids is 2. The summed E-state index contributed by atoms with van der Waals surface area (Å²) >= 11 is 0. The molecule has 1 aliphatic rings. The number of halogens is 5. The summed E-state index contributed by atoms with van der Waals surface area (Å²) in [5.41, 5.74) is 0.664. The van der Waals surface area contributed by atoms with Crippen LogP contribution in [0.5, 0.6) is 17.2 Å². The first-order valence-electron chi connectivity index (χ1n) is 9.56. The Morgan fingerprint density at radius 2 is 1.68 bits per heavy atom. The van der Waals surface area contributed by atoms with Gasteiger partial charge in [-0.05, 0) is 31.2 Å². The normalized spacial score (nSPS) is 14.5. The minimum atomic E-state index is -2.36. The van der Waals surface area contributed by atoms with Gasteiger partial charge in [0.05, 0.1) is 11.3 Å². The quantitative estimate of drug-likeness (QED) is 0.132. The van der Waals surface area contributed by atoms with E-state index >= 15 is 0 Å². The van der Waals surface area contributed by atoms with Crippen molar-refractivity contribution in [1.82, 2.24) is 4.98 Å². The van der Waals surface area contributed by atoms with E-state index < -0.39 is 52.7 Å². The average molecular weight is 477 g/mol. The lowest BCUT2D eigenvalue weighted by Gasteiger charge is -2.15. The first kappa shape index (κ1) is 22.9. The Morgan fingerprint density at radius 1 is 1.00 bits per heavy atom. The number of aromatic nitrogens is 1. The van der Waals surface area contributed by atoms with Gasteiger partial charge in [0.1, 0.15) is 11.5 Å². The van der Waals surface area contributed by atoms with Crippen molar-refractivity contribution < 1.29 is 45.8 Å². The summed E-state index contributed by atoms with van der Waals surface area (Å²) in [4.78, 5) is 28.8. The molecule has 0 radical (unpaired) electrons. The van der Waals surface area contributed by atoms with Gasteiger partial charge in [-0.3, -0.25) is 9.78 Å². The van der Waals surface area contributed by atoms with Crippen LogP contribution in [-0.2, 0) is 4.79 Å². The van der Waals surface area contributed by atoms with Crippen LogP contribution in [0, 0.1) is 29.1 Å². The second-order valence-corrected chi connectivity index (χ2v) is 6.93. The number of carbonyl (C=O) groups is 2. The van der Waals surface area contributed by atoms with Crippen LogP contribution in [0.3, 0.4) is 0 Å². The van der Waals surface area contributed by atoms with Gasteiger partial charge >= 0.3 is 5.97 Å². The summed E-state index contributed by atoms with van der Waals surface area (Å²) < 4.78 is 82.5. The Morgan fingerprint density at radius 3 is 2.32 bits per heavy atom. The highest BCUT2D eigenvalue weighted by atomic mass is 19.2. The molecule has 34 heavy (non-hydrogen) atoms. The third-order valence-corrected chi connectivity index (χ3v) is 4.62. The standard InChI is InChI=1S/C23H12F5NO5/c1-10(32-22-19(27)17(25)16(24)18(26)20(22)28)23(31)33-12-5-6-13-14(9-12)34-15(21(13)30)8-11-4-2-3-7-29-11/h2-10H,1H3/b15-8-. The van der Waals surface area contributed by atoms with E-state index in [1.165, 1.54) is 30.5 Å². The molecule has 6 nitrogen and oxygen atoms in total. The van der Waals surface area contributed by atoms with Gasteiger partial charge in [-0.2, -0.15) is 8.78 Å². The predicted molar refractivity (Wildman–Crippen MR) is 106 cm³/mol. The third-order valence-electron chi connectivity index (χ3n) is 4.62. The van der Waals surface area contributed by atoms with Crippen LogP contribution < -0.4 is 14.2 Å². The van der Waals surface area contributed by atoms with Crippen molar-refractivity contribution in [1.29, 1.82) is 0 Å². The number of fused-ring (bicyclic) bond motifs is 1. The zero-order valence-electron chi connectivity index (χ0n) is 17.1. The van der Waals surface area contributed by atoms with Gasteiger partial charge in [0.2, 0.25) is 34.9 Å². The lowest BCUT2D eigenvalue weighted by molar-refractivity contribution is -0.141. The Labute approximate surface area is 188 Å². The van der Waals surface area contributed by atoms with Gasteiger partial charge < -0.3 is 14.2 Å². The number of pyridine rings is 1. The zero-order valence-corrected chi connectivity index (χ0v) is 17.1. The number of ketones is 1. The van der Waals surface area contributed by atoms with Gasteiger partial charge in [0.15, 0.2) is 17.6 Å². The smallest absolute Gasteiger partial charge is 0.352 e. The van der Waals surface area contributed by atoms with E-state index in [0.29, 0.717) is 5.69 Å². The SMILES string of the molecule is CC(Oc1c(F)c(F)c(F)c(F)c1F)C(=O)Oc1ccc2c(c1)O/C(=C\c1ccccn1)C2=O. The molecule has 0 saturated carbocycles. The first-order valence-corrected chi connectivity index (χ1v) is 9.56. The summed E-state index contributed by atoms with van der Waals surface area (Å²) in [7, 11) is 0. The van der Waals surface area contributed by atoms with Crippen molar-refractivity contribution >= 4 is 17.8 Å². The van der Waals surface area contributed by atoms with Gasteiger partial charge in [0, 0.05) is 18.3 Å². The minimum Gasteiger partial charge on any atom is -0.473 e. The molecule has 174 valence electrons. The molecule has 1 unspecified atom stereocenters. The number of hydrogen-bond donors (Lipinski definition) is 0. The second kappa shape index (κ2) is 8.93. The number of benzene rings is 2. The molecule has 3 aromatic rings. The number of hydrogen-bond acceptors (Lipinski definition) is 6. The molecular formula is C23H12F5NO5. The summed E-state index contributed by atoms with van der Waals surface area (Å²) in [6.45, 7) is 0.988. The van der Waals surface area contributed by atoms with Crippen LogP contribution in [0.1, 0.15) is 23.0 Å². The van der Waals surface area contributed by atoms with E-state index in [2.05, 4.69) is 9.72 Å². The van der Waals surface area contributed by atoms with Crippen LogP contribution in [0.25, 0.3) is 6.08 Å². The summed E-state index contributed by atoms with van der Waals surface area (Å²) in [5.74, 6) is -14.6. The van der Waals surface area contributed by atoms with E-state index in [1.54, 1.807) is 18.2 Å². The molecule has 1 atom stereocenters. The molecule has 0 saturated heterocycles. The second-order valence-electron chi connectivity index (χ2n) is 6.93. The van der Waals surface area contributed by atoms with Crippen LogP contribution in [-0.4, -0.2) is 22.8 Å². The lowest BCUT2D eigenvalue weighted by Crippen LogP contribution is -2.29. The maximum absolute atomic E-state index is 13.8. The maximum Gasteiger partial charge on any atom is 0.352 e. The van der Waals surface area contributed by atoms with Crippen LogP contribution >= 0.6 is 0 Å². The predicted octanol–water partition coefficient (Wildman–Crippen LogP) is 4.77. The minimum absolute atomic E-state index is 0.0137. The third kappa shape index (κ3) is 4.19. The number of esters is 1. The summed E-state index contributed by atoms with van der Waals surface area (Å²) in [6.07, 6.45) is 1.20. The first-order chi connectivity index (χ1) is 16.2. The molecule has 1 aliphatic heterocycles. The van der Waals surface area contributed by atoms with Gasteiger partial charge in [-0.1, -0.05) is 6.07 Å². The van der Waals surface area contributed by atoms with E-state index in [9.17, 15) is 31.5 Å². The zero-order chi connectivity index (χ0) is 24.6. The molecule has 0 N–H and O–H groups in total. The molecule has 11 heteroatoms. The Balaban J connectivity index is 1.49. The molecular weight excluding hydrogens is 465 g/mol. The monoisotopic (exact) mass is 477 g/mol. The van der Waals surface area contributed by atoms with Crippen LogP contribution in [0.4, 0.5) is 22.0 Å². The fourth-order valence-electron chi connectivity index (χ4n) is 2.94. The van der Waals surface area contributed by atoms with Gasteiger partial charge in [0.25, 0.3) is 0 Å². The number of ether oxygens (including phenoxy) is 3. The molecule has 1 aromatic heterocycles. The van der Waals surface area contributed by atoms with E-state index in [-0.39, 0.29) is 22.8 Å². The van der Waals surface area contributed by atoms with Crippen molar-refractivity contribution in [2.75, 3.05) is 0 Å². The van der Waals surface area contributed by atoms with Crippen LogP contribution in [0.2, 0.25) is 0 Å². The topological polar surface area (TPSA) is 74.7 Å². The number of rotatable bonds is 5. The fourth-order valence-corrected chi connectivity index (χ4v) is 2.94. The molecule has 0 aliphatic carbocycles. The Kier molecular flexibility index (Phi) is 6.01. The molecule has 0 fully saturated rings. The van der Waals surface area contributed by atoms with Gasteiger partial charge in [-0.25, -0.2) is 18.0 Å². The molecule has 0 spiro atoms. The van der Waals surface area contributed by atoms with Crippen molar-refractivity contribution in [2.45, 2.75) is 13.0 Å². The highest BCUT2D eigenvalue weighted by Crippen LogP contribution is 2.35. The van der Waals surface area contributed by atoms with E-state index in [1.807, 2.05) is 0 Å². The average Bonchev–Trinajstić information content (AvgIpc) is 3.14. The number of allylic oxidation sites excluding steroid dienone is 1. The molecule has 2 aromatic carbocycles. The largest absolute Gasteiger partial charge is 0.473 e. The van der Waals surface area contributed by atoms with Gasteiger partial charge in [-0.15, -0.1) is 0 Å². The van der Waals surface area contributed by atoms with E-state index in [0.717, 1.165) is 6.92 Å². The van der Waals surface area contributed by atoms with Crippen molar-refractivity contribution in [3.05, 3.63) is 88.7 Å². The lowest BCUT2D eigenvalue weighted by atomic mass is 10.1. The highest BCUT2D eigenvalue weighted by molar-refractivity contribution is 6.14. The molecule has 0 amide bonds. The highest BCUT2D eigenvalue weighted by Gasteiger charge is 2.31. The summed E-state index contributed by atoms with van der Waals surface area (Å²) in [5, 5.41) is 0. The fraction of sp³-hybridized carbons (Fsp3) is 0.0870. The summed E-state index contributed by atoms with van der Waals surface area (Å²) in [6, 6.07) is 8.88. The van der Waals surface area contributed by atoms with Crippen LogP contribution in [0.15, 0.2) is 48.4 Å². The maximum atomic E-state index is 13.8. The number of nitrogens with zero attached hydrogens (tertiary/aromatic N) is 1. The molecule has 0 bridgehead atoms. The van der Waals surface area contributed by atoms with Crippen molar-refractivity contribution in [3.63, 3.8) is 0 Å². The van der Waals surface area contributed by atoms with E-state index in [4.69, 9.17) is 9.47 Å². The Bertz CT molecular complexity index is 1310.